The van der Waals surface area contributed by atoms with Gasteiger partial charge in [0, 0.05) is 11.6 Å². The number of hydrogen-bond acceptors (Lipinski definition) is 6. The van der Waals surface area contributed by atoms with E-state index in [4.69, 9.17) is 11.6 Å². The molecule has 0 aliphatic carbocycles. The van der Waals surface area contributed by atoms with Crippen LogP contribution in [0.5, 0.6) is 0 Å². The van der Waals surface area contributed by atoms with Gasteiger partial charge in [0.2, 0.25) is 0 Å². The number of halogens is 1. The normalized spacial score (nSPS) is 10.4. The van der Waals surface area contributed by atoms with Crippen LogP contribution >= 0.6 is 46.4 Å². The molecular formula is C5H2ClN3S3. The second kappa shape index (κ2) is 3.69. The first-order chi connectivity index (χ1) is 5.86. The van der Waals surface area contributed by atoms with Crippen LogP contribution in [0.1, 0.15) is 0 Å². The fraction of sp³-hybridized carbons (Fsp3) is 0. The summed E-state index contributed by atoms with van der Waals surface area (Å²) in [4.78, 5) is 4.09. The maximum absolute atomic E-state index is 5.75. The van der Waals surface area contributed by atoms with Crippen LogP contribution < -0.4 is 0 Å². The van der Waals surface area contributed by atoms with E-state index < -0.39 is 0 Å². The maximum atomic E-state index is 5.75. The highest BCUT2D eigenvalue weighted by molar-refractivity contribution is 8.01. The predicted molar refractivity (Wildman–Crippen MR) is 51.2 cm³/mol. The molecule has 0 spiro atoms. The predicted octanol–water partition coefficient (Wildman–Crippen LogP) is 2.80. The van der Waals surface area contributed by atoms with Crippen LogP contribution in [0.25, 0.3) is 0 Å². The minimum Gasteiger partial charge on any atom is -0.238 e. The monoisotopic (exact) mass is 235 g/mol. The fourth-order valence-corrected chi connectivity index (χ4v) is 2.91. The van der Waals surface area contributed by atoms with Crippen molar-refractivity contribution in [3.63, 3.8) is 0 Å². The van der Waals surface area contributed by atoms with Crippen molar-refractivity contribution in [2.45, 2.75) is 9.37 Å². The van der Waals surface area contributed by atoms with Gasteiger partial charge in [-0.25, -0.2) is 4.98 Å². The lowest BCUT2D eigenvalue weighted by Crippen LogP contribution is -1.70. The molecule has 0 bridgehead atoms. The van der Waals surface area contributed by atoms with Gasteiger partial charge in [0.15, 0.2) is 14.5 Å². The largest absolute Gasteiger partial charge is 0.238 e. The van der Waals surface area contributed by atoms with Gasteiger partial charge in [0.1, 0.15) is 0 Å². The number of aromatic nitrogens is 3. The zero-order chi connectivity index (χ0) is 8.39. The fourth-order valence-electron chi connectivity index (χ4n) is 0.574. The Morgan fingerprint density at radius 1 is 1.42 bits per heavy atom. The van der Waals surface area contributed by atoms with Crippen LogP contribution in [0.15, 0.2) is 20.9 Å². The lowest BCUT2D eigenvalue weighted by Gasteiger charge is -1.88. The molecule has 0 fully saturated rings. The van der Waals surface area contributed by atoms with E-state index in [2.05, 4.69) is 13.7 Å². The summed E-state index contributed by atoms with van der Waals surface area (Å²) in [5.41, 5.74) is 0. The van der Waals surface area contributed by atoms with Crippen molar-refractivity contribution in [3.8, 4) is 0 Å². The lowest BCUT2D eigenvalue weighted by molar-refractivity contribution is 1.21. The molecule has 62 valence electrons. The van der Waals surface area contributed by atoms with Gasteiger partial charge in [-0.15, -0.1) is 11.3 Å². The van der Waals surface area contributed by atoms with Crippen molar-refractivity contribution in [3.05, 3.63) is 16.7 Å². The summed E-state index contributed by atoms with van der Waals surface area (Å²) in [7, 11) is 0. The van der Waals surface area contributed by atoms with E-state index in [1.54, 1.807) is 17.5 Å². The molecule has 0 atom stereocenters. The van der Waals surface area contributed by atoms with Crippen molar-refractivity contribution in [1.82, 2.24) is 13.7 Å². The van der Waals surface area contributed by atoms with Gasteiger partial charge < -0.3 is 0 Å². The number of rotatable bonds is 2. The van der Waals surface area contributed by atoms with Gasteiger partial charge in [-0.3, -0.25) is 0 Å². The minimum atomic E-state index is 0.459. The highest BCUT2D eigenvalue weighted by atomic mass is 35.5. The molecule has 2 heterocycles. The van der Waals surface area contributed by atoms with Gasteiger partial charge in [0.05, 0.1) is 11.7 Å². The van der Waals surface area contributed by atoms with E-state index >= 15 is 0 Å². The average molecular weight is 236 g/mol. The Bertz CT molecular complexity index is 358. The topological polar surface area (TPSA) is 38.7 Å². The summed E-state index contributed by atoms with van der Waals surface area (Å²) in [6.07, 6.45) is 1.75. The number of thiazole rings is 1. The Kier molecular flexibility index (Phi) is 2.60. The first kappa shape index (κ1) is 8.43. The molecule has 3 nitrogen and oxygen atoms in total. The smallest absolute Gasteiger partial charge is 0.177 e. The molecule has 2 aromatic rings. The van der Waals surface area contributed by atoms with E-state index in [0.717, 1.165) is 21.1 Å². The van der Waals surface area contributed by atoms with Crippen molar-refractivity contribution < 1.29 is 0 Å². The second-order valence-electron chi connectivity index (χ2n) is 1.76. The molecule has 0 N–H and O–H groups in total. The first-order valence-corrected chi connectivity index (χ1v) is 5.72. The molecule has 0 aliphatic heterocycles. The van der Waals surface area contributed by atoms with Crippen LogP contribution in [-0.4, -0.2) is 13.7 Å². The zero-order valence-electron chi connectivity index (χ0n) is 5.60. The first-order valence-electron chi connectivity index (χ1n) is 2.91. The third-order valence-corrected chi connectivity index (χ3v) is 4.00. The molecule has 2 rings (SSSR count). The van der Waals surface area contributed by atoms with Crippen molar-refractivity contribution in [1.29, 1.82) is 0 Å². The highest BCUT2D eigenvalue weighted by Gasteiger charge is 2.08. The van der Waals surface area contributed by atoms with Gasteiger partial charge in [0.25, 0.3) is 0 Å². The zero-order valence-corrected chi connectivity index (χ0v) is 8.80. The quantitative estimate of drug-likeness (QED) is 0.803. The molecule has 0 aromatic carbocycles. The van der Waals surface area contributed by atoms with Gasteiger partial charge in [-0.2, -0.15) is 8.75 Å². The van der Waals surface area contributed by atoms with Crippen molar-refractivity contribution >= 4 is 46.4 Å². The molecule has 2 aromatic heterocycles. The average Bonchev–Trinajstić information content (AvgIpc) is 2.65. The molecule has 0 amide bonds. The number of nitrogens with zero attached hydrogens (tertiary/aromatic N) is 3. The summed E-state index contributed by atoms with van der Waals surface area (Å²) < 4.78 is 8.80. The Labute approximate surface area is 86.1 Å². The molecule has 0 saturated heterocycles. The molecule has 7 heteroatoms. The Hall–Kier alpha value is -0.170. The van der Waals surface area contributed by atoms with E-state index in [0.29, 0.717) is 5.15 Å². The molecular weight excluding hydrogens is 234 g/mol. The van der Waals surface area contributed by atoms with E-state index in [1.807, 2.05) is 5.38 Å². The lowest BCUT2D eigenvalue weighted by atomic mass is 10.9. The summed E-state index contributed by atoms with van der Waals surface area (Å²) in [5.74, 6) is 0. The Morgan fingerprint density at radius 3 is 2.92 bits per heavy atom. The molecule has 0 unspecified atom stereocenters. The Balaban J connectivity index is 2.20. The molecule has 0 radical (unpaired) electrons. The van der Waals surface area contributed by atoms with E-state index in [9.17, 15) is 0 Å². The summed E-state index contributed by atoms with van der Waals surface area (Å²) in [5, 5.41) is 3.10. The van der Waals surface area contributed by atoms with Gasteiger partial charge in [-0.1, -0.05) is 11.6 Å². The summed E-state index contributed by atoms with van der Waals surface area (Å²) >= 11 is 9.86. The van der Waals surface area contributed by atoms with Gasteiger partial charge >= 0.3 is 0 Å². The van der Waals surface area contributed by atoms with E-state index in [-0.39, 0.29) is 0 Å². The van der Waals surface area contributed by atoms with E-state index in [1.165, 1.54) is 11.8 Å². The van der Waals surface area contributed by atoms with Crippen molar-refractivity contribution in [2.24, 2.45) is 0 Å². The summed E-state index contributed by atoms with van der Waals surface area (Å²) in [6.45, 7) is 0. The maximum Gasteiger partial charge on any atom is 0.177 e. The molecule has 12 heavy (non-hydrogen) atoms. The minimum absolute atomic E-state index is 0.459. The summed E-state index contributed by atoms with van der Waals surface area (Å²) in [6, 6.07) is 0. The Morgan fingerprint density at radius 2 is 2.33 bits per heavy atom. The van der Waals surface area contributed by atoms with Crippen LogP contribution in [0.4, 0.5) is 0 Å². The number of hydrogen-bond donors (Lipinski definition) is 0. The molecule has 0 saturated carbocycles. The highest BCUT2D eigenvalue weighted by Crippen LogP contribution is 2.32. The van der Waals surface area contributed by atoms with Crippen LogP contribution in [0, 0.1) is 0 Å². The third-order valence-electron chi connectivity index (χ3n) is 1.01. The van der Waals surface area contributed by atoms with Crippen LogP contribution in [0.2, 0.25) is 5.15 Å². The van der Waals surface area contributed by atoms with Gasteiger partial charge in [-0.05, 0) is 11.8 Å². The van der Waals surface area contributed by atoms with Crippen LogP contribution in [0.3, 0.4) is 0 Å². The third kappa shape index (κ3) is 1.77. The standard InChI is InChI=1S/C5H2ClN3S3/c6-3-4(9-12-8-3)11-5-7-1-2-10-5/h1-2H. The molecule has 0 aliphatic rings. The van der Waals surface area contributed by atoms with Crippen molar-refractivity contribution in [2.75, 3.05) is 0 Å². The SMILES string of the molecule is Clc1nsnc1Sc1nccs1. The second-order valence-corrected chi connectivity index (χ2v) is 4.78. The van der Waals surface area contributed by atoms with Crippen LogP contribution in [-0.2, 0) is 0 Å².